The first-order valence-electron chi connectivity index (χ1n) is 12.4. The maximum Gasteiger partial charge on any atom is 0.255 e. The molecule has 192 valence electrons. The molecule has 3 aromatic carbocycles. The van der Waals surface area contributed by atoms with Gasteiger partial charge in [0, 0.05) is 35.4 Å². The summed E-state index contributed by atoms with van der Waals surface area (Å²) in [4.78, 5) is 30.4. The van der Waals surface area contributed by atoms with Gasteiger partial charge >= 0.3 is 0 Å². The van der Waals surface area contributed by atoms with Crippen molar-refractivity contribution in [3.8, 4) is 22.5 Å². The highest BCUT2D eigenvalue weighted by molar-refractivity contribution is 6.12. The second-order valence-corrected chi connectivity index (χ2v) is 10.2. The molecule has 0 aliphatic heterocycles. The third-order valence-electron chi connectivity index (χ3n) is 6.87. The molecule has 5 aromatic rings. The second kappa shape index (κ2) is 9.74. The molecule has 0 bridgehead atoms. The van der Waals surface area contributed by atoms with Crippen LogP contribution in [0.4, 0.5) is 0 Å². The largest absolute Gasteiger partial charge is 0.455 e. The molecule has 7 nitrogen and oxygen atoms in total. The van der Waals surface area contributed by atoms with Crippen molar-refractivity contribution in [3.63, 3.8) is 0 Å². The van der Waals surface area contributed by atoms with Gasteiger partial charge in [0.15, 0.2) is 11.6 Å². The average molecular weight is 508 g/mol. The maximum atomic E-state index is 13.2. The zero-order valence-electron chi connectivity index (χ0n) is 22.1. The van der Waals surface area contributed by atoms with E-state index in [1.165, 1.54) is 6.39 Å². The average Bonchev–Trinajstić information content (AvgIpc) is 3.57. The number of aryl methyl sites for hydroxylation is 2. The van der Waals surface area contributed by atoms with E-state index >= 15 is 0 Å². The molecule has 0 aliphatic carbocycles. The number of benzene rings is 3. The number of Topliss-reactive ketones (excluding diaryl/α,β-unsaturated/α-hetero) is 1. The highest BCUT2D eigenvalue weighted by Gasteiger charge is 2.29. The summed E-state index contributed by atoms with van der Waals surface area (Å²) in [6, 6.07) is 19.4. The quantitative estimate of drug-likeness (QED) is 0.247. The molecular formula is C31H29N3O4. The topological polar surface area (TPSA) is 98.2 Å². The molecule has 1 amide bonds. The lowest BCUT2D eigenvalue weighted by Gasteiger charge is -2.19. The number of nitrogens with zero attached hydrogens (tertiary/aromatic N) is 2. The van der Waals surface area contributed by atoms with Crippen LogP contribution in [0.1, 0.15) is 57.9 Å². The molecule has 2 aromatic heterocycles. The van der Waals surface area contributed by atoms with Crippen LogP contribution in [0.3, 0.4) is 0 Å². The number of ketones is 1. The number of hydrogen-bond acceptors (Lipinski definition) is 6. The van der Waals surface area contributed by atoms with E-state index in [1.807, 2.05) is 88.4 Å². The smallest absolute Gasteiger partial charge is 0.255 e. The summed E-state index contributed by atoms with van der Waals surface area (Å²) < 4.78 is 11.1. The zero-order chi connectivity index (χ0) is 27.0. The number of fused-ring (bicyclic) bond motifs is 1. The fourth-order valence-electron chi connectivity index (χ4n) is 4.73. The molecular weight excluding hydrogens is 478 g/mol. The molecule has 0 saturated heterocycles. The van der Waals surface area contributed by atoms with E-state index in [4.69, 9.17) is 8.94 Å². The maximum absolute atomic E-state index is 13.2. The van der Waals surface area contributed by atoms with Gasteiger partial charge in [-0.3, -0.25) is 9.59 Å². The minimum Gasteiger partial charge on any atom is -0.455 e. The standard InChI is InChI=1S/C31H29N3O4/c1-18-9-11-20(12-10-18)28-27(29(36)32-5)24-15-23(19(2)13-26(24)38-28)21-7-6-8-22(14-21)25(35)16-31(3,4)30-33-17-37-34-30/h6-15,17H,16H2,1-5H3,(H,32,36). The van der Waals surface area contributed by atoms with E-state index in [0.29, 0.717) is 28.3 Å². The van der Waals surface area contributed by atoms with Crippen LogP contribution in [-0.4, -0.2) is 28.9 Å². The van der Waals surface area contributed by atoms with Gasteiger partial charge in [0.05, 0.1) is 5.56 Å². The van der Waals surface area contributed by atoms with Crippen molar-refractivity contribution < 1.29 is 18.5 Å². The van der Waals surface area contributed by atoms with Gasteiger partial charge < -0.3 is 14.3 Å². The highest BCUT2D eigenvalue weighted by Crippen LogP contribution is 2.38. The Morgan fingerprint density at radius 1 is 0.974 bits per heavy atom. The number of carbonyl (C=O) groups is 2. The summed E-state index contributed by atoms with van der Waals surface area (Å²) in [6.07, 6.45) is 1.50. The Labute approximate surface area is 220 Å². The molecule has 5 rings (SSSR count). The number of aromatic nitrogens is 2. The van der Waals surface area contributed by atoms with Crippen LogP contribution in [0.25, 0.3) is 33.4 Å². The molecule has 0 unspecified atom stereocenters. The third kappa shape index (κ3) is 4.63. The summed E-state index contributed by atoms with van der Waals surface area (Å²) in [5, 5.41) is 7.39. The first-order chi connectivity index (χ1) is 18.2. The van der Waals surface area contributed by atoms with Gasteiger partial charge in [-0.2, -0.15) is 4.98 Å². The summed E-state index contributed by atoms with van der Waals surface area (Å²) >= 11 is 0. The molecule has 7 heteroatoms. The second-order valence-electron chi connectivity index (χ2n) is 10.2. The van der Waals surface area contributed by atoms with E-state index in [9.17, 15) is 9.59 Å². The van der Waals surface area contributed by atoms with Crippen molar-refractivity contribution in [1.82, 2.24) is 15.5 Å². The van der Waals surface area contributed by atoms with Crippen LogP contribution in [0.15, 0.2) is 76.0 Å². The third-order valence-corrected chi connectivity index (χ3v) is 6.87. The molecule has 2 heterocycles. The first-order valence-corrected chi connectivity index (χ1v) is 12.4. The van der Waals surface area contributed by atoms with Gasteiger partial charge in [0.2, 0.25) is 6.39 Å². The minimum absolute atomic E-state index is 0.0172. The van der Waals surface area contributed by atoms with Gasteiger partial charge in [-0.05, 0) is 48.7 Å². The molecule has 0 radical (unpaired) electrons. The van der Waals surface area contributed by atoms with Crippen molar-refractivity contribution in [2.75, 3.05) is 7.05 Å². The van der Waals surface area contributed by atoms with Crippen LogP contribution < -0.4 is 5.32 Å². The zero-order valence-corrected chi connectivity index (χ0v) is 22.1. The SMILES string of the molecule is CNC(=O)c1c(-c2ccc(C)cc2)oc2cc(C)c(-c3cccc(C(=O)CC(C)(C)c4ncon4)c3)cc12. The van der Waals surface area contributed by atoms with E-state index in [-0.39, 0.29) is 18.1 Å². The molecule has 38 heavy (non-hydrogen) atoms. The van der Waals surface area contributed by atoms with Crippen molar-refractivity contribution in [3.05, 3.63) is 95.1 Å². The van der Waals surface area contributed by atoms with Crippen LogP contribution in [0, 0.1) is 13.8 Å². The van der Waals surface area contributed by atoms with Gasteiger partial charge in [-0.1, -0.05) is 67.0 Å². The number of furan rings is 1. The van der Waals surface area contributed by atoms with Gasteiger partial charge in [0.25, 0.3) is 5.91 Å². The van der Waals surface area contributed by atoms with Gasteiger partial charge in [-0.15, -0.1) is 0 Å². The van der Waals surface area contributed by atoms with Crippen molar-refractivity contribution in [2.24, 2.45) is 0 Å². The van der Waals surface area contributed by atoms with E-state index in [0.717, 1.165) is 33.2 Å². The molecule has 0 spiro atoms. The molecule has 0 fully saturated rings. The van der Waals surface area contributed by atoms with Crippen LogP contribution >= 0.6 is 0 Å². The lowest BCUT2D eigenvalue weighted by Crippen LogP contribution is -2.23. The van der Waals surface area contributed by atoms with Crippen molar-refractivity contribution >= 4 is 22.7 Å². The number of nitrogens with one attached hydrogen (secondary N) is 1. The van der Waals surface area contributed by atoms with Crippen molar-refractivity contribution in [1.29, 1.82) is 0 Å². The van der Waals surface area contributed by atoms with E-state index in [2.05, 4.69) is 15.5 Å². The van der Waals surface area contributed by atoms with Crippen LogP contribution in [-0.2, 0) is 5.41 Å². The Morgan fingerprint density at radius 2 is 1.74 bits per heavy atom. The molecule has 0 atom stereocenters. The van der Waals surface area contributed by atoms with E-state index < -0.39 is 5.41 Å². The number of amides is 1. The minimum atomic E-state index is -0.569. The van der Waals surface area contributed by atoms with Gasteiger partial charge in [-0.25, -0.2) is 0 Å². The number of hydrogen-bond donors (Lipinski definition) is 1. The van der Waals surface area contributed by atoms with Crippen LogP contribution in [0.2, 0.25) is 0 Å². The Kier molecular flexibility index (Phi) is 6.45. The lowest BCUT2D eigenvalue weighted by atomic mass is 9.84. The predicted octanol–water partition coefficient (Wildman–Crippen LogP) is 6.68. The van der Waals surface area contributed by atoms with E-state index in [1.54, 1.807) is 7.05 Å². The molecule has 1 N–H and O–H groups in total. The Bertz CT molecular complexity index is 1650. The Morgan fingerprint density at radius 3 is 2.42 bits per heavy atom. The van der Waals surface area contributed by atoms with Gasteiger partial charge in [0.1, 0.15) is 11.3 Å². The summed E-state index contributed by atoms with van der Waals surface area (Å²) in [5.74, 6) is 0.788. The normalized spacial score (nSPS) is 11.6. The first kappa shape index (κ1) is 25.1. The Hall–Kier alpha value is -4.52. The van der Waals surface area contributed by atoms with Crippen LogP contribution in [0.5, 0.6) is 0 Å². The summed E-state index contributed by atoms with van der Waals surface area (Å²) in [7, 11) is 1.61. The molecule has 0 aliphatic rings. The fourth-order valence-corrected chi connectivity index (χ4v) is 4.73. The molecule has 0 saturated carbocycles. The monoisotopic (exact) mass is 507 g/mol. The number of rotatable bonds is 7. The fraction of sp³-hybridized carbons (Fsp3) is 0.226. The Balaban J connectivity index is 1.57. The summed E-state index contributed by atoms with van der Waals surface area (Å²) in [5.41, 5.74) is 5.89. The predicted molar refractivity (Wildman–Crippen MR) is 146 cm³/mol. The summed E-state index contributed by atoms with van der Waals surface area (Å²) in [6.45, 7) is 7.85. The highest BCUT2D eigenvalue weighted by atomic mass is 16.5. The van der Waals surface area contributed by atoms with Crippen molar-refractivity contribution in [2.45, 2.75) is 39.5 Å². The number of carbonyl (C=O) groups excluding carboxylic acids is 2. The lowest BCUT2D eigenvalue weighted by molar-refractivity contribution is 0.0950.